The Kier molecular flexibility index (Phi) is 8.48. The van der Waals surface area contributed by atoms with Crippen molar-refractivity contribution in [2.24, 2.45) is 0 Å². The molecule has 0 N–H and O–H groups in total. The van der Waals surface area contributed by atoms with Crippen LogP contribution in [0, 0.1) is 0 Å². The van der Waals surface area contributed by atoms with E-state index in [1.165, 1.54) is 6.08 Å². The van der Waals surface area contributed by atoms with E-state index in [0.717, 1.165) is 27.6 Å². The van der Waals surface area contributed by atoms with E-state index in [1.54, 1.807) is 17.9 Å². The van der Waals surface area contributed by atoms with Crippen molar-refractivity contribution in [2.45, 2.75) is 52.4 Å². The van der Waals surface area contributed by atoms with Gasteiger partial charge in [-0.3, -0.25) is 4.90 Å². The number of hydrogen-bond acceptors (Lipinski definition) is 6. The predicted octanol–water partition coefficient (Wildman–Crippen LogP) is 6.61. The SMILES string of the molecule is CCOC(=O)/C=C/c1ccc2c(c1)OC(CN(C(=O)OC(C)(C)C)[C@H](C)c1cccc3ccccc13)CN2C. The van der Waals surface area contributed by atoms with Crippen LogP contribution < -0.4 is 9.64 Å². The highest BCUT2D eigenvalue weighted by molar-refractivity contribution is 5.87. The van der Waals surface area contributed by atoms with Crippen molar-refractivity contribution >= 4 is 34.6 Å². The number of fused-ring (bicyclic) bond motifs is 2. The van der Waals surface area contributed by atoms with Crippen molar-refractivity contribution in [1.82, 2.24) is 4.90 Å². The molecule has 0 spiro atoms. The molecule has 1 heterocycles. The van der Waals surface area contributed by atoms with Crippen molar-refractivity contribution < 1.29 is 23.8 Å². The molecule has 0 bridgehead atoms. The third-order valence-corrected chi connectivity index (χ3v) is 6.63. The van der Waals surface area contributed by atoms with Gasteiger partial charge >= 0.3 is 12.1 Å². The molecule has 0 saturated carbocycles. The van der Waals surface area contributed by atoms with Crippen LogP contribution in [0.3, 0.4) is 0 Å². The molecule has 0 fully saturated rings. The van der Waals surface area contributed by atoms with Gasteiger partial charge in [0.1, 0.15) is 17.5 Å². The number of hydrogen-bond donors (Lipinski definition) is 0. The Hall–Kier alpha value is -4.00. The molecule has 1 amide bonds. The molecule has 0 aliphatic carbocycles. The van der Waals surface area contributed by atoms with Crippen molar-refractivity contribution in [3.63, 3.8) is 0 Å². The summed E-state index contributed by atoms with van der Waals surface area (Å²) in [6, 6.07) is 19.9. The first kappa shape index (κ1) is 28.0. The number of nitrogens with zero attached hydrogens (tertiary/aromatic N) is 2. The summed E-state index contributed by atoms with van der Waals surface area (Å²) in [5.74, 6) is 0.309. The van der Waals surface area contributed by atoms with Gasteiger partial charge in [-0.05, 0) is 74.7 Å². The summed E-state index contributed by atoms with van der Waals surface area (Å²) < 4.78 is 17.3. The van der Waals surface area contributed by atoms with Crippen molar-refractivity contribution in [1.29, 1.82) is 0 Å². The molecule has 7 heteroatoms. The molecule has 1 aliphatic heterocycles. The van der Waals surface area contributed by atoms with Crippen LogP contribution in [0.5, 0.6) is 5.75 Å². The van der Waals surface area contributed by atoms with Gasteiger partial charge in [-0.2, -0.15) is 0 Å². The van der Waals surface area contributed by atoms with Crippen molar-refractivity contribution in [3.05, 3.63) is 77.9 Å². The third kappa shape index (κ3) is 6.91. The number of likely N-dealkylation sites (N-methyl/N-ethyl adjacent to an activating group) is 1. The Bertz CT molecular complexity index is 1350. The minimum atomic E-state index is -0.634. The standard InChI is InChI=1S/C32H38N2O5/c1-7-37-30(35)18-16-23-15-17-28-29(19-23)38-25(20-33(28)6)21-34(31(36)39-32(3,4)5)22(2)26-14-10-12-24-11-8-9-13-27(24)26/h8-19,22,25H,7,20-21H2,1-6H3/b18-16+/t22-,25?/m1/s1. The van der Waals surface area contributed by atoms with E-state index in [0.29, 0.717) is 25.4 Å². The highest BCUT2D eigenvalue weighted by Gasteiger charge is 2.33. The van der Waals surface area contributed by atoms with E-state index >= 15 is 0 Å². The van der Waals surface area contributed by atoms with E-state index < -0.39 is 5.60 Å². The summed E-state index contributed by atoms with van der Waals surface area (Å²) in [6.45, 7) is 10.7. The average molecular weight is 531 g/mol. The summed E-state index contributed by atoms with van der Waals surface area (Å²) in [5, 5.41) is 2.23. The molecule has 2 atom stereocenters. The maximum atomic E-state index is 13.5. The normalized spacial score (nSPS) is 15.9. The Balaban J connectivity index is 1.61. The van der Waals surface area contributed by atoms with Gasteiger partial charge in [-0.1, -0.05) is 48.5 Å². The fourth-order valence-electron chi connectivity index (χ4n) is 4.83. The lowest BCUT2D eigenvalue weighted by Crippen LogP contribution is -2.48. The molecule has 0 saturated heterocycles. The zero-order valence-electron chi connectivity index (χ0n) is 23.6. The predicted molar refractivity (Wildman–Crippen MR) is 155 cm³/mol. The van der Waals surface area contributed by atoms with Gasteiger partial charge in [0.25, 0.3) is 0 Å². The van der Waals surface area contributed by atoms with Gasteiger partial charge in [-0.25, -0.2) is 9.59 Å². The van der Waals surface area contributed by atoms with Crippen LogP contribution in [-0.4, -0.2) is 55.4 Å². The number of rotatable bonds is 7. The Labute approximate surface area is 230 Å². The minimum Gasteiger partial charge on any atom is -0.485 e. The number of anilines is 1. The number of benzene rings is 3. The summed E-state index contributed by atoms with van der Waals surface area (Å²) in [7, 11) is 2.01. The summed E-state index contributed by atoms with van der Waals surface area (Å²) >= 11 is 0. The molecule has 0 aromatic heterocycles. The fourth-order valence-corrected chi connectivity index (χ4v) is 4.83. The second kappa shape index (κ2) is 11.8. The van der Waals surface area contributed by atoms with Crippen LogP contribution in [0.15, 0.2) is 66.7 Å². The zero-order chi connectivity index (χ0) is 28.2. The minimum absolute atomic E-state index is 0.250. The quantitative estimate of drug-likeness (QED) is 0.253. The Morgan fingerprint density at radius 1 is 1.13 bits per heavy atom. The second-order valence-electron chi connectivity index (χ2n) is 10.8. The van der Waals surface area contributed by atoms with Gasteiger partial charge in [0.05, 0.1) is 31.4 Å². The van der Waals surface area contributed by atoms with Gasteiger partial charge in [-0.15, -0.1) is 0 Å². The lowest BCUT2D eigenvalue weighted by atomic mass is 9.98. The number of carbonyl (C=O) groups excluding carboxylic acids is 2. The number of esters is 1. The van der Waals surface area contributed by atoms with Crippen molar-refractivity contribution in [3.8, 4) is 5.75 Å². The van der Waals surface area contributed by atoms with E-state index in [2.05, 4.69) is 29.2 Å². The van der Waals surface area contributed by atoms with Crippen LogP contribution in [0.2, 0.25) is 0 Å². The summed E-state index contributed by atoms with van der Waals surface area (Å²) in [6.07, 6.45) is 2.44. The molecule has 0 radical (unpaired) electrons. The number of amides is 1. The van der Waals surface area contributed by atoms with Gasteiger partial charge in [0, 0.05) is 13.1 Å². The molecule has 39 heavy (non-hydrogen) atoms. The zero-order valence-corrected chi connectivity index (χ0v) is 23.6. The first-order valence-electron chi connectivity index (χ1n) is 13.4. The molecule has 1 unspecified atom stereocenters. The highest BCUT2D eigenvalue weighted by Crippen LogP contribution is 2.35. The number of carbonyl (C=O) groups is 2. The second-order valence-corrected chi connectivity index (χ2v) is 10.8. The van der Waals surface area contributed by atoms with Crippen LogP contribution in [0.25, 0.3) is 16.8 Å². The van der Waals surface area contributed by atoms with Gasteiger partial charge in [0.15, 0.2) is 0 Å². The first-order chi connectivity index (χ1) is 18.6. The highest BCUT2D eigenvalue weighted by atomic mass is 16.6. The van der Waals surface area contributed by atoms with Crippen LogP contribution in [-0.2, 0) is 14.3 Å². The van der Waals surface area contributed by atoms with Crippen LogP contribution >= 0.6 is 0 Å². The largest absolute Gasteiger partial charge is 0.485 e. The maximum absolute atomic E-state index is 13.5. The number of ether oxygens (including phenoxy) is 3. The van der Waals surface area contributed by atoms with E-state index in [4.69, 9.17) is 14.2 Å². The van der Waals surface area contributed by atoms with E-state index in [1.807, 2.05) is 71.1 Å². The average Bonchev–Trinajstić information content (AvgIpc) is 2.89. The third-order valence-electron chi connectivity index (χ3n) is 6.63. The first-order valence-corrected chi connectivity index (χ1v) is 13.4. The molecule has 7 nitrogen and oxygen atoms in total. The Morgan fingerprint density at radius 2 is 1.87 bits per heavy atom. The van der Waals surface area contributed by atoms with Gasteiger partial charge < -0.3 is 19.1 Å². The lowest BCUT2D eigenvalue weighted by Gasteiger charge is -2.39. The maximum Gasteiger partial charge on any atom is 0.410 e. The van der Waals surface area contributed by atoms with Crippen LogP contribution in [0.4, 0.5) is 10.5 Å². The summed E-state index contributed by atoms with van der Waals surface area (Å²) in [4.78, 5) is 29.2. The fraction of sp³-hybridized carbons (Fsp3) is 0.375. The molecular formula is C32H38N2O5. The lowest BCUT2D eigenvalue weighted by molar-refractivity contribution is -0.137. The monoisotopic (exact) mass is 530 g/mol. The summed E-state index contributed by atoms with van der Waals surface area (Å²) in [5.41, 5.74) is 2.19. The molecular weight excluding hydrogens is 492 g/mol. The van der Waals surface area contributed by atoms with E-state index in [9.17, 15) is 9.59 Å². The van der Waals surface area contributed by atoms with Gasteiger partial charge in [0.2, 0.25) is 0 Å². The molecule has 206 valence electrons. The molecule has 4 rings (SSSR count). The molecule has 3 aromatic carbocycles. The smallest absolute Gasteiger partial charge is 0.410 e. The van der Waals surface area contributed by atoms with E-state index in [-0.39, 0.29) is 24.2 Å². The Morgan fingerprint density at radius 3 is 2.62 bits per heavy atom. The van der Waals surface area contributed by atoms with Crippen molar-refractivity contribution in [2.75, 3.05) is 31.6 Å². The topological polar surface area (TPSA) is 68.3 Å². The molecule has 1 aliphatic rings. The molecule has 3 aromatic rings. The van der Waals surface area contributed by atoms with Crippen LogP contribution in [0.1, 0.15) is 51.8 Å².